The Morgan fingerprint density at radius 3 is 2.03 bits per heavy atom. The highest BCUT2D eigenvalue weighted by Gasteiger charge is 2.26. The normalized spacial score (nSPS) is 17.2. The quantitative estimate of drug-likeness (QED) is 0.356. The van der Waals surface area contributed by atoms with Crippen LogP contribution in [0, 0.1) is 0 Å². The number of guanidine groups is 2. The van der Waals surface area contributed by atoms with E-state index in [1.807, 2.05) is 18.2 Å². The average molecular weight is 468 g/mol. The summed E-state index contributed by atoms with van der Waals surface area (Å²) in [7, 11) is 3.28. The lowest BCUT2D eigenvalue weighted by atomic mass is 10.1. The van der Waals surface area contributed by atoms with Gasteiger partial charge < -0.3 is 20.1 Å². The number of ether oxygens (including phenoxy) is 2. The standard InChI is InChI=1S/C24H41N5O2.ClH/c1-6-7-8-9-10-11-12-13-16-25-22-27-23(29-24(2,3)28-22)26-18-19-14-15-20(30-4)21(17-19)31-5;/h14-15,17H,6-13,16,18H2,1-5H3,(H3,25,26,27,28,29);1H. The van der Waals surface area contributed by atoms with Crippen molar-refractivity contribution in [2.24, 2.45) is 9.98 Å². The molecule has 32 heavy (non-hydrogen) atoms. The Bertz CT molecular complexity index is 737. The van der Waals surface area contributed by atoms with Gasteiger partial charge in [0.15, 0.2) is 23.4 Å². The Morgan fingerprint density at radius 2 is 1.41 bits per heavy atom. The minimum Gasteiger partial charge on any atom is -0.493 e. The molecule has 1 heterocycles. The summed E-state index contributed by atoms with van der Waals surface area (Å²) in [4.78, 5) is 9.42. The SMILES string of the molecule is CCCCCCCCCCN=C1NC(=NCc2ccc(OC)c(OC)c2)NC(C)(C)N1.Cl. The summed E-state index contributed by atoms with van der Waals surface area (Å²) in [5.74, 6) is 2.92. The molecule has 2 rings (SSSR count). The lowest BCUT2D eigenvalue weighted by Crippen LogP contribution is -2.68. The second-order valence-corrected chi connectivity index (χ2v) is 8.56. The van der Waals surface area contributed by atoms with E-state index in [9.17, 15) is 0 Å². The van der Waals surface area contributed by atoms with Crippen molar-refractivity contribution in [2.45, 2.75) is 84.3 Å². The van der Waals surface area contributed by atoms with E-state index in [4.69, 9.17) is 19.5 Å². The second-order valence-electron chi connectivity index (χ2n) is 8.56. The van der Waals surface area contributed by atoms with Crippen LogP contribution in [0.3, 0.4) is 0 Å². The summed E-state index contributed by atoms with van der Waals surface area (Å²) in [6.45, 7) is 7.76. The van der Waals surface area contributed by atoms with E-state index in [1.54, 1.807) is 14.2 Å². The van der Waals surface area contributed by atoms with Gasteiger partial charge in [0.25, 0.3) is 0 Å². The lowest BCUT2D eigenvalue weighted by Gasteiger charge is -2.36. The molecule has 0 saturated carbocycles. The smallest absolute Gasteiger partial charge is 0.200 e. The van der Waals surface area contributed by atoms with Crippen molar-refractivity contribution in [1.82, 2.24) is 16.0 Å². The van der Waals surface area contributed by atoms with Gasteiger partial charge in [-0.15, -0.1) is 12.4 Å². The predicted octanol–water partition coefficient (Wildman–Crippen LogP) is 5.00. The first kappa shape index (κ1) is 27.9. The molecule has 1 fully saturated rings. The van der Waals surface area contributed by atoms with Crippen LogP contribution in [0.15, 0.2) is 28.2 Å². The molecule has 1 saturated heterocycles. The van der Waals surface area contributed by atoms with Crippen LogP contribution in [0.4, 0.5) is 0 Å². The van der Waals surface area contributed by atoms with Crippen LogP contribution in [0.1, 0.15) is 77.7 Å². The van der Waals surface area contributed by atoms with E-state index in [0.717, 1.165) is 24.5 Å². The molecular weight excluding hydrogens is 426 g/mol. The maximum atomic E-state index is 5.38. The van der Waals surface area contributed by atoms with Crippen molar-refractivity contribution < 1.29 is 9.47 Å². The number of halogens is 1. The Labute approximate surface area is 200 Å². The highest BCUT2D eigenvalue weighted by atomic mass is 35.5. The van der Waals surface area contributed by atoms with Gasteiger partial charge in [0.1, 0.15) is 5.66 Å². The van der Waals surface area contributed by atoms with Gasteiger partial charge in [-0.3, -0.25) is 10.3 Å². The third-order valence-electron chi connectivity index (χ3n) is 5.25. The number of unbranched alkanes of at least 4 members (excludes halogenated alkanes) is 7. The molecule has 1 aliphatic rings. The molecule has 0 amide bonds. The van der Waals surface area contributed by atoms with Crippen molar-refractivity contribution in [3.63, 3.8) is 0 Å². The third-order valence-corrected chi connectivity index (χ3v) is 5.25. The van der Waals surface area contributed by atoms with E-state index in [1.165, 1.54) is 44.9 Å². The Morgan fingerprint density at radius 1 is 0.812 bits per heavy atom. The molecule has 0 atom stereocenters. The molecule has 0 unspecified atom stereocenters. The van der Waals surface area contributed by atoms with Crippen molar-refractivity contribution in [3.05, 3.63) is 23.8 Å². The van der Waals surface area contributed by atoms with E-state index in [0.29, 0.717) is 24.0 Å². The van der Waals surface area contributed by atoms with Crippen LogP contribution in [-0.2, 0) is 6.54 Å². The maximum absolute atomic E-state index is 5.38. The first-order valence-electron chi connectivity index (χ1n) is 11.6. The zero-order chi connectivity index (χ0) is 22.5. The van der Waals surface area contributed by atoms with Crippen molar-refractivity contribution in [3.8, 4) is 11.5 Å². The van der Waals surface area contributed by atoms with Gasteiger partial charge in [-0.05, 0) is 38.0 Å². The van der Waals surface area contributed by atoms with Crippen LogP contribution in [0.5, 0.6) is 11.5 Å². The fourth-order valence-electron chi connectivity index (χ4n) is 3.54. The van der Waals surface area contributed by atoms with Gasteiger partial charge in [-0.1, -0.05) is 57.9 Å². The molecule has 0 aromatic heterocycles. The third kappa shape index (κ3) is 9.98. The zero-order valence-electron chi connectivity index (χ0n) is 20.4. The van der Waals surface area contributed by atoms with Crippen LogP contribution in [-0.4, -0.2) is 38.3 Å². The fourth-order valence-corrected chi connectivity index (χ4v) is 3.54. The molecule has 1 aromatic rings. The topological polar surface area (TPSA) is 79.3 Å². The second kappa shape index (κ2) is 14.8. The number of nitrogens with zero attached hydrogens (tertiary/aromatic N) is 2. The summed E-state index contributed by atoms with van der Waals surface area (Å²) in [6.07, 6.45) is 10.4. The summed E-state index contributed by atoms with van der Waals surface area (Å²) >= 11 is 0. The molecule has 7 nitrogen and oxygen atoms in total. The van der Waals surface area contributed by atoms with E-state index in [-0.39, 0.29) is 18.1 Å². The van der Waals surface area contributed by atoms with Crippen LogP contribution >= 0.6 is 12.4 Å². The Hall–Kier alpha value is -2.15. The number of methoxy groups -OCH3 is 2. The fraction of sp³-hybridized carbons (Fsp3) is 0.667. The molecule has 8 heteroatoms. The van der Waals surface area contributed by atoms with Gasteiger partial charge in [-0.2, -0.15) is 0 Å². The summed E-state index contributed by atoms with van der Waals surface area (Å²) in [6, 6.07) is 5.85. The number of nitrogens with one attached hydrogen (secondary N) is 3. The molecule has 0 spiro atoms. The van der Waals surface area contributed by atoms with E-state index >= 15 is 0 Å². The van der Waals surface area contributed by atoms with Gasteiger partial charge >= 0.3 is 0 Å². The molecule has 1 aromatic carbocycles. The molecule has 0 radical (unpaired) electrons. The Balaban J connectivity index is 0.00000512. The molecule has 1 aliphatic heterocycles. The van der Waals surface area contributed by atoms with Crippen LogP contribution < -0.4 is 25.4 Å². The number of hydrogen-bond acceptors (Lipinski definition) is 4. The minimum atomic E-state index is -0.320. The van der Waals surface area contributed by atoms with Gasteiger partial charge in [0.2, 0.25) is 0 Å². The lowest BCUT2D eigenvalue weighted by molar-refractivity contribution is 0.354. The van der Waals surface area contributed by atoms with Crippen LogP contribution in [0.2, 0.25) is 0 Å². The molecule has 3 N–H and O–H groups in total. The average Bonchev–Trinajstić information content (AvgIpc) is 2.75. The molecule has 0 aliphatic carbocycles. The van der Waals surface area contributed by atoms with Crippen molar-refractivity contribution in [2.75, 3.05) is 20.8 Å². The minimum absolute atomic E-state index is 0. The Kier molecular flexibility index (Phi) is 12.9. The number of aliphatic imine (C=N–C) groups is 2. The summed E-state index contributed by atoms with van der Waals surface area (Å²) in [5.41, 5.74) is 0.724. The molecular formula is C24H42ClN5O2. The number of hydrogen-bond donors (Lipinski definition) is 3. The first-order chi connectivity index (χ1) is 15.0. The van der Waals surface area contributed by atoms with Crippen molar-refractivity contribution >= 4 is 24.3 Å². The van der Waals surface area contributed by atoms with Gasteiger partial charge in [-0.25, -0.2) is 4.99 Å². The first-order valence-corrected chi connectivity index (χ1v) is 11.6. The zero-order valence-corrected chi connectivity index (χ0v) is 21.2. The highest BCUT2D eigenvalue weighted by molar-refractivity contribution is 6.01. The molecule has 182 valence electrons. The van der Waals surface area contributed by atoms with Gasteiger partial charge in [0, 0.05) is 6.54 Å². The largest absolute Gasteiger partial charge is 0.493 e. The summed E-state index contributed by atoms with van der Waals surface area (Å²) in [5, 5.41) is 10.0. The predicted molar refractivity (Wildman–Crippen MR) is 136 cm³/mol. The maximum Gasteiger partial charge on any atom is 0.200 e. The summed E-state index contributed by atoms with van der Waals surface area (Å²) < 4.78 is 10.7. The van der Waals surface area contributed by atoms with E-state index in [2.05, 4.69) is 36.7 Å². The van der Waals surface area contributed by atoms with Gasteiger partial charge in [0.05, 0.1) is 20.8 Å². The monoisotopic (exact) mass is 467 g/mol. The highest BCUT2D eigenvalue weighted by Crippen LogP contribution is 2.27. The molecule has 0 bridgehead atoms. The van der Waals surface area contributed by atoms with Crippen molar-refractivity contribution in [1.29, 1.82) is 0 Å². The number of benzene rings is 1. The number of rotatable bonds is 13. The van der Waals surface area contributed by atoms with E-state index < -0.39 is 0 Å². The van der Waals surface area contributed by atoms with Crippen LogP contribution in [0.25, 0.3) is 0 Å².